The molecule has 0 saturated heterocycles. The molecule has 0 aliphatic carbocycles. The summed E-state index contributed by atoms with van der Waals surface area (Å²) in [6, 6.07) is -0.287. The Morgan fingerprint density at radius 2 is 0.680 bits per heavy atom. The van der Waals surface area contributed by atoms with E-state index in [1.54, 1.807) is 0 Å². The summed E-state index contributed by atoms with van der Waals surface area (Å²) in [6.45, 7) is 0. The van der Waals surface area contributed by atoms with E-state index in [0.717, 1.165) is 34.4 Å². The van der Waals surface area contributed by atoms with Gasteiger partial charge in [0.1, 0.15) is 0 Å². The minimum atomic E-state index is -2.37. The van der Waals surface area contributed by atoms with Crippen LogP contribution in [-0.2, 0) is 0 Å². The second-order valence-corrected chi connectivity index (χ2v) is 26.8. The van der Waals surface area contributed by atoms with Crippen LogP contribution in [0.1, 0.15) is 77.0 Å². The summed E-state index contributed by atoms with van der Waals surface area (Å²) in [5.74, 6) is 0. The first-order chi connectivity index (χ1) is 11.7. The highest BCUT2D eigenvalue weighted by molar-refractivity contribution is 7.65. The van der Waals surface area contributed by atoms with Crippen molar-refractivity contribution in [1.82, 2.24) is 0 Å². The Balaban J connectivity index is 3.08. The average Bonchev–Trinajstić information content (AvgIpc) is 2.48. The van der Waals surface area contributed by atoms with Gasteiger partial charge in [-0.05, 0) is 12.1 Å². The fourth-order valence-electron chi connectivity index (χ4n) is 2.69. The molecule has 0 rings (SSSR count). The summed E-state index contributed by atoms with van der Waals surface area (Å²) < 4.78 is 0. The van der Waals surface area contributed by atoms with E-state index in [1.165, 1.54) is 76.3 Å². The fourth-order valence-corrected chi connectivity index (χ4v) is 7.65. The third kappa shape index (κ3) is 26.4. The van der Waals surface area contributed by atoms with Gasteiger partial charge in [0.25, 0.3) is 0 Å². The molecule has 0 saturated carbocycles. The summed E-state index contributed by atoms with van der Waals surface area (Å²) in [7, 11) is 1.15. The molecule has 0 fully saturated rings. The number of unbranched alkanes of at least 4 members (excludes halogenated alkanes) is 10. The summed E-state index contributed by atoms with van der Waals surface area (Å²) in [5, 5.41) is 0. The van der Waals surface area contributed by atoms with E-state index in [0.29, 0.717) is 0 Å². The highest BCUT2D eigenvalue weighted by Gasteiger charge is 2.24. The molecule has 0 unspecified atom stereocenters. The van der Waals surface area contributed by atoms with Crippen molar-refractivity contribution in [2.24, 2.45) is 0 Å². The van der Waals surface area contributed by atoms with E-state index >= 15 is 0 Å². The van der Waals surface area contributed by atoms with Crippen molar-refractivity contribution in [3.8, 4) is 0 Å². The monoisotopic (exact) mass is 518 g/mol. The van der Waals surface area contributed by atoms with Crippen LogP contribution in [0, 0.1) is 0 Å². The molecule has 0 aromatic heterocycles. The molecule has 25 heavy (non-hydrogen) atoms. The van der Waals surface area contributed by atoms with Crippen molar-refractivity contribution >= 4 is 88.0 Å². The van der Waals surface area contributed by atoms with Gasteiger partial charge in [-0.15, -0.1) is 66.5 Å². The van der Waals surface area contributed by atoms with Crippen molar-refractivity contribution in [3.05, 3.63) is 0 Å². The van der Waals surface area contributed by atoms with Crippen molar-refractivity contribution in [2.45, 2.75) is 101 Å². The normalized spacial score (nSPS) is 12.7. The van der Waals surface area contributed by atoms with Crippen molar-refractivity contribution in [3.63, 3.8) is 0 Å². The Hall–Kier alpha value is 2.39. The molecule has 0 aromatic rings. The minimum Gasteiger partial charge on any atom is -0.126 e. The maximum absolute atomic E-state index is 5.87. The van der Waals surface area contributed by atoms with Gasteiger partial charge in [-0.1, -0.05) is 89.1 Å². The van der Waals surface area contributed by atoms with Crippen LogP contribution in [0.3, 0.4) is 0 Å². The Labute approximate surface area is 188 Å². The number of hydrogen-bond acceptors (Lipinski definition) is 0. The van der Waals surface area contributed by atoms with Crippen LogP contribution in [0.15, 0.2) is 0 Å². The van der Waals surface area contributed by atoms with Gasteiger partial charge < -0.3 is 0 Å². The lowest BCUT2D eigenvalue weighted by atomic mass is 10.1. The molecule has 0 aromatic carbocycles. The highest BCUT2D eigenvalue weighted by atomic mass is 35.8. The molecule has 0 atom stereocenters. The third-order valence-electron chi connectivity index (χ3n) is 4.13. The lowest BCUT2D eigenvalue weighted by Crippen LogP contribution is -2.07. The maximum Gasteiger partial charge on any atom is 0.341 e. The van der Waals surface area contributed by atoms with Gasteiger partial charge in [-0.25, -0.2) is 0 Å². The number of halogens is 6. The van der Waals surface area contributed by atoms with Crippen molar-refractivity contribution < 1.29 is 0 Å². The van der Waals surface area contributed by atoms with E-state index in [1.807, 2.05) is 0 Å². The molecule has 0 N–H and O–H groups in total. The summed E-state index contributed by atoms with van der Waals surface area (Å²) in [4.78, 5) is 0. The molecular weight excluding hydrogens is 489 g/mol. The van der Waals surface area contributed by atoms with E-state index in [-0.39, 0.29) is 0 Å². The first-order valence-electron chi connectivity index (χ1n) is 9.55. The minimum absolute atomic E-state index is 0.813. The van der Waals surface area contributed by atoms with Crippen molar-refractivity contribution in [2.75, 3.05) is 0 Å². The topological polar surface area (TPSA) is 0 Å². The first kappa shape index (κ1) is 27.4. The first-order valence-corrected chi connectivity index (χ1v) is 21.4. The Kier molecular flexibility index (Phi) is 18.9. The second-order valence-electron chi connectivity index (χ2n) is 6.72. The van der Waals surface area contributed by atoms with Crippen LogP contribution < -0.4 is 0 Å². The zero-order chi connectivity index (χ0) is 19.0. The molecule has 0 heterocycles. The second kappa shape index (κ2) is 17.3. The zero-order valence-corrected chi connectivity index (χ0v) is 22.6. The van der Waals surface area contributed by atoms with E-state index in [2.05, 4.69) is 0 Å². The predicted octanol–water partition coefficient (Wildman–Crippen LogP) is 9.52. The van der Waals surface area contributed by atoms with E-state index in [9.17, 15) is 0 Å². The third-order valence-corrected chi connectivity index (χ3v) is 10.8. The Morgan fingerprint density at radius 1 is 0.400 bits per heavy atom. The van der Waals surface area contributed by atoms with Crippen LogP contribution >= 0.6 is 66.5 Å². The SMILES string of the molecule is Cl[Si](Cl)(Cl)CCCCCCCC[Si]CCCCCCCC[Si](Cl)(Cl)Cl. The molecule has 2 radical (unpaired) electrons. The van der Waals surface area contributed by atoms with Gasteiger partial charge in [-0.3, -0.25) is 0 Å². The van der Waals surface area contributed by atoms with Crippen molar-refractivity contribution in [1.29, 1.82) is 0 Å². The van der Waals surface area contributed by atoms with Crippen LogP contribution in [0.2, 0.25) is 24.2 Å². The number of rotatable bonds is 18. The molecule has 0 nitrogen and oxygen atoms in total. The molecular formula is C16H32Cl6Si3. The van der Waals surface area contributed by atoms with Crippen LogP contribution in [-0.4, -0.2) is 21.5 Å². The fraction of sp³-hybridized carbons (Fsp3) is 1.00. The van der Waals surface area contributed by atoms with Gasteiger partial charge >= 0.3 is 12.0 Å². The largest absolute Gasteiger partial charge is 0.341 e. The van der Waals surface area contributed by atoms with Crippen LogP contribution in [0.4, 0.5) is 0 Å². The Morgan fingerprint density at radius 3 is 1.00 bits per heavy atom. The molecule has 0 aliphatic rings. The quantitative estimate of drug-likeness (QED) is 0.0958. The Bertz CT molecular complexity index is 267. The lowest BCUT2D eigenvalue weighted by molar-refractivity contribution is 0.618. The van der Waals surface area contributed by atoms with Crippen LogP contribution in [0.5, 0.6) is 0 Å². The molecule has 150 valence electrons. The molecule has 9 heteroatoms. The highest BCUT2D eigenvalue weighted by Crippen LogP contribution is 2.28. The zero-order valence-electron chi connectivity index (χ0n) is 15.1. The van der Waals surface area contributed by atoms with Gasteiger partial charge in [0.15, 0.2) is 0 Å². The van der Waals surface area contributed by atoms with Gasteiger partial charge in [-0.2, -0.15) is 0 Å². The molecule has 0 bridgehead atoms. The molecule has 0 aliphatic heterocycles. The average molecular weight is 521 g/mol. The lowest BCUT2D eigenvalue weighted by Gasteiger charge is -2.07. The van der Waals surface area contributed by atoms with Crippen LogP contribution in [0.25, 0.3) is 0 Å². The van der Waals surface area contributed by atoms with E-state index < -0.39 is 12.0 Å². The number of hydrogen-bond donors (Lipinski definition) is 0. The predicted molar refractivity (Wildman–Crippen MR) is 127 cm³/mol. The summed E-state index contributed by atoms with van der Waals surface area (Å²) in [6.07, 6.45) is 15.4. The van der Waals surface area contributed by atoms with E-state index in [4.69, 9.17) is 66.5 Å². The van der Waals surface area contributed by atoms with Gasteiger partial charge in [0.05, 0.1) is 0 Å². The van der Waals surface area contributed by atoms with Gasteiger partial charge in [0, 0.05) is 9.52 Å². The smallest absolute Gasteiger partial charge is 0.126 e. The molecule has 0 spiro atoms. The van der Waals surface area contributed by atoms with Gasteiger partial charge in [0.2, 0.25) is 0 Å². The standard InChI is InChI=1S/C16H32Cl6Si3/c17-24(18,19)15-11-7-3-1-5-9-13-23-14-10-6-2-4-8-12-16-25(20,21)22/h1-16H2. The summed E-state index contributed by atoms with van der Waals surface area (Å²) >= 11 is 35.2. The maximum atomic E-state index is 5.87. The molecule has 0 amide bonds. The summed E-state index contributed by atoms with van der Waals surface area (Å²) in [5.41, 5.74) is 0.